The van der Waals surface area contributed by atoms with Crippen LogP contribution in [0, 0.1) is 27.7 Å². The van der Waals surface area contributed by atoms with Crippen LogP contribution < -0.4 is 14.1 Å². The molecule has 4 aromatic rings. The molecule has 6 nitrogen and oxygen atoms in total. The van der Waals surface area contributed by atoms with Crippen LogP contribution in [0.2, 0.25) is 0 Å². The number of rotatable bonds is 12. The van der Waals surface area contributed by atoms with Crippen LogP contribution in [0.4, 0.5) is 11.4 Å². The van der Waals surface area contributed by atoms with Gasteiger partial charge in [0, 0.05) is 54.3 Å². The maximum atomic E-state index is 10.2. The Labute approximate surface area is 317 Å². The summed E-state index contributed by atoms with van der Waals surface area (Å²) in [6, 6.07) is 27.4. The molecule has 0 fully saturated rings. The second-order valence-corrected chi connectivity index (χ2v) is 14.1. The fraction of sp³-hybridized carbons (Fsp3) is 0.333. The summed E-state index contributed by atoms with van der Waals surface area (Å²) in [5, 5.41) is 13.6. The van der Waals surface area contributed by atoms with Crippen LogP contribution >= 0.6 is 12.8 Å². The average Bonchev–Trinajstić information content (AvgIpc) is 3.15. The Bertz CT molecular complexity index is 1910. The zero-order valence-corrected chi connectivity index (χ0v) is 33.2. The minimum Gasteiger partial charge on any atom is -0.490 e. The van der Waals surface area contributed by atoms with Gasteiger partial charge >= 0.3 is 0 Å². The average molecular weight is 718 g/mol. The quantitative estimate of drug-likeness (QED) is 0.0591. The van der Waals surface area contributed by atoms with Crippen molar-refractivity contribution in [2.24, 2.45) is 9.98 Å². The molecule has 2 N–H and O–H groups in total. The number of ether oxygens (including phenoxy) is 1. The maximum Gasteiger partial charge on any atom is 0.176 e. The van der Waals surface area contributed by atoms with Crippen LogP contribution in [0.15, 0.2) is 113 Å². The van der Waals surface area contributed by atoms with Crippen LogP contribution in [0.1, 0.15) is 84.0 Å². The number of hydrogen-bond acceptors (Lipinski definition) is 6. The Morgan fingerprint density at radius 3 is 2.00 bits per heavy atom. The molecule has 0 amide bonds. The molecule has 7 heteroatoms. The van der Waals surface area contributed by atoms with Gasteiger partial charge in [-0.15, -0.1) is 0 Å². The summed E-state index contributed by atoms with van der Waals surface area (Å²) >= 11 is 4.28. The van der Waals surface area contributed by atoms with E-state index in [2.05, 4.69) is 130 Å². The number of thiol groups is 1. The van der Waals surface area contributed by atoms with Gasteiger partial charge in [0.1, 0.15) is 18.9 Å². The summed E-state index contributed by atoms with van der Waals surface area (Å²) in [6.07, 6.45) is 7.52. The van der Waals surface area contributed by atoms with Crippen molar-refractivity contribution in [1.82, 2.24) is 4.05 Å². The van der Waals surface area contributed by atoms with Crippen LogP contribution in [0.25, 0.3) is 0 Å². The van der Waals surface area contributed by atoms with Gasteiger partial charge in [-0.3, -0.25) is 9.98 Å². The second kappa shape index (κ2) is 18.9. The first-order valence-corrected chi connectivity index (χ1v) is 18.7. The molecule has 4 aromatic carbocycles. The predicted molar refractivity (Wildman–Crippen MR) is 226 cm³/mol. The number of quaternary nitrogens is 1. The van der Waals surface area contributed by atoms with Gasteiger partial charge < -0.3 is 10.1 Å². The summed E-state index contributed by atoms with van der Waals surface area (Å²) in [4.78, 5) is 9.13. The first kappa shape index (κ1) is 40.3. The number of aryl methyl sites for hydroxylation is 2. The minimum atomic E-state index is -0.409. The molecule has 274 valence electrons. The van der Waals surface area contributed by atoms with Gasteiger partial charge in [0.05, 0.1) is 18.5 Å². The van der Waals surface area contributed by atoms with Gasteiger partial charge in [-0.1, -0.05) is 71.3 Å². The molecule has 0 spiro atoms. The summed E-state index contributed by atoms with van der Waals surface area (Å²) in [5.41, 5.74) is 14.1. The zero-order chi connectivity index (χ0) is 37.8. The van der Waals surface area contributed by atoms with Crippen molar-refractivity contribution in [3.05, 3.63) is 147 Å². The molecule has 0 aromatic heterocycles. The SMILES string of the molecule is C=C(N=CC)C(Cc1ccc([N+](O)(S)CC)cc1)c1cccc(C)c1C.CC=N/C(=C\C)C(Cc1ccc2c(c1)OCCN2)c1cccc(C)c1C. The molecule has 0 bridgehead atoms. The first-order chi connectivity index (χ1) is 24.9. The Balaban J connectivity index is 0.000000233. The molecule has 3 atom stereocenters. The van der Waals surface area contributed by atoms with E-state index in [0.717, 1.165) is 54.5 Å². The third-order valence-electron chi connectivity index (χ3n) is 10.1. The van der Waals surface area contributed by atoms with Crippen molar-refractivity contribution in [1.29, 1.82) is 0 Å². The van der Waals surface area contributed by atoms with Crippen LogP contribution in [-0.4, -0.2) is 37.3 Å². The summed E-state index contributed by atoms with van der Waals surface area (Å²) in [7, 11) is 0. The second-order valence-electron chi connectivity index (χ2n) is 13.4. The van der Waals surface area contributed by atoms with E-state index in [4.69, 9.17) is 4.74 Å². The molecule has 0 radical (unpaired) electrons. The van der Waals surface area contributed by atoms with Gasteiger partial charge in [0.2, 0.25) is 0 Å². The van der Waals surface area contributed by atoms with E-state index in [-0.39, 0.29) is 11.8 Å². The van der Waals surface area contributed by atoms with Crippen LogP contribution in [-0.2, 0) is 12.8 Å². The summed E-state index contributed by atoms with van der Waals surface area (Å²) in [5.74, 6) is 1.30. The Morgan fingerprint density at radius 1 is 0.846 bits per heavy atom. The fourth-order valence-electron chi connectivity index (χ4n) is 6.68. The third-order valence-corrected chi connectivity index (χ3v) is 10.6. The number of hydrogen-bond donors (Lipinski definition) is 3. The van der Waals surface area contributed by atoms with E-state index >= 15 is 0 Å². The highest BCUT2D eigenvalue weighted by atomic mass is 32.1. The van der Waals surface area contributed by atoms with Crippen LogP contribution in [0.3, 0.4) is 0 Å². The largest absolute Gasteiger partial charge is 0.490 e. The number of fused-ring (bicyclic) bond motifs is 1. The topological polar surface area (TPSA) is 66.2 Å². The lowest BCUT2D eigenvalue weighted by Gasteiger charge is -2.23. The molecular formula is C45H57N4O2S+. The molecule has 5 rings (SSSR count). The van der Waals surface area contributed by atoms with E-state index in [1.807, 2.05) is 51.3 Å². The summed E-state index contributed by atoms with van der Waals surface area (Å²) in [6.45, 7) is 22.8. The highest BCUT2D eigenvalue weighted by molar-refractivity contribution is 7.79. The number of benzene rings is 4. The summed E-state index contributed by atoms with van der Waals surface area (Å²) < 4.78 is 5.41. The molecule has 0 saturated heterocycles. The highest BCUT2D eigenvalue weighted by Gasteiger charge is 2.24. The van der Waals surface area contributed by atoms with Crippen LogP contribution in [0.5, 0.6) is 5.75 Å². The lowest BCUT2D eigenvalue weighted by atomic mass is 9.85. The van der Waals surface area contributed by atoms with Crippen molar-refractivity contribution in [3.63, 3.8) is 0 Å². The lowest BCUT2D eigenvalue weighted by Crippen LogP contribution is -2.34. The van der Waals surface area contributed by atoms with Gasteiger partial charge in [-0.25, -0.2) is 0 Å². The third kappa shape index (κ3) is 10.1. The number of nitrogens with one attached hydrogen (secondary N) is 1. The number of allylic oxidation sites excluding steroid dienone is 3. The Morgan fingerprint density at radius 2 is 1.42 bits per heavy atom. The van der Waals surface area contributed by atoms with Crippen molar-refractivity contribution in [3.8, 4) is 5.75 Å². The predicted octanol–water partition coefficient (Wildman–Crippen LogP) is 11.2. The van der Waals surface area contributed by atoms with Gasteiger partial charge in [-0.05, 0) is 125 Å². The van der Waals surface area contributed by atoms with Crippen molar-refractivity contribution >= 4 is 36.6 Å². The van der Waals surface area contributed by atoms with Crippen molar-refractivity contribution in [2.45, 2.75) is 80.1 Å². The minimum absolute atomic E-state index is 0.118. The normalized spacial score (nSPS) is 15.2. The van der Waals surface area contributed by atoms with E-state index < -0.39 is 4.05 Å². The first-order valence-electron chi connectivity index (χ1n) is 18.3. The molecule has 3 unspecified atom stereocenters. The molecule has 1 heterocycles. The number of hydroxylamine groups is 1. The Hall–Kier alpha value is -4.43. The smallest absolute Gasteiger partial charge is 0.176 e. The molecule has 0 aliphatic carbocycles. The molecule has 0 saturated carbocycles. The molecule has 1 aliphatic rings. The fourth-order valence-corrected chi connectivity index (χ4v) is 6.82. The van der Waals surface area contributed by atoms with Gasteiger partial charge in [0.15, 0.2) is 5.69 Å². The van der Waals surface area contributed by atoms with Crippen molar-refractivity contribution in [2.75, 3.05) is 25.0 Å². The van der Waals surface area contributed by atoms with Gasteiger partial charge in [0.25, 0.3) is 0 Å². The standard InChI is InChI=1S/C23H28N2O.C22H29N2OS/c1-5-21(24-6-2)20(19-9-7-8-16(3)17(19)4)14-18-10-11-22-23(15-18)26-13-12-25-22;1-6-23-18(5)22(21-10-8-9-16(3)17(21)4)15-19-11-13-20(14-12-19)24(25,26)7-2/h5-11,15,20,25H,12-14H2,1-4H3;6,8-14,22,25-26H,5,7,15H2,1-4H3/q;+1/b21-5-,24-6?;. The van der Waals surface area contributed by atoms with E-state index in [1.54, 1.807) is 6.21 Å². The monoisotopic (exact) mass is 717 g/mol. The molecule has 52 heavy (non-hydrogen) atoms. The number of aliphatic imine (C=N–C) groups is 2. The highest BCUT2D eigenvalue weighted by Crippen LogP contribution is 2.36. The van der Waals surface area contributed by atoms with E-state index in [0.29, 0.717) is 6.54 Å². The Kier molecular flexibility index (Phi) is 14.6. The number of anilines is 1. The molecule has 1 aliphatic heterocycles. The molecular weight excluding hydrogens is 661 g/mol. The zero-order valence-electron chi connectivity index (χ0n) is 32.3. The lowest BCUT2D eigenvalue weighted by molar-refractivity contribution is 0.0319. The van der Waals surface area contributed by atoms with E-state index in [1.165, 1.54) is 44.5 Å². The number of nitrogens with zero attached hydrogens (tertiary/aromatic N) is 3. The van der Waals surface area contributed by atoms with E-state index in [9.17, 15) is 5.21 Å². The van der Waals surface area contributed by atoms with Gasteiger partial charge in [-0.2, -0.15) is 5.21 Å². The van der Waals surface area contributed by atoms with Crippen molar-refractivity contribution < 1.29 is 9.94 Å². The maximum absolute atomic E-state index is 10.2.